The molecule has 1 fully saturated rings. The van der Waals surface area contributed by atoms with Crippen molar-refractivity contribution in [3.05, 3.63) is 63.0 Å². The van der Waals surface area contributed by atoms with Crippen LogP contribution in [0.3, 0.4) is 0 Å². The normalized spacial score (nSPS) is 18.7. The Balaban J connectivity index is 1.71. The van der Waals surface area contributed by atoms with Gasteiger partial charge in [-0.2, -0.15) is 0 Å². The van der Waals surface area contributed by atoms with Gasteiger partial charge >= 0.3 is 0 Å². The molecule has 0 unspecified atom stereocenters. The van der Waals surface area contributed by atoms with E-state index in [9.17, 15) is 9.59 Å². The van der Waals surface area contributed by atoms with Crippen LogP contribution in [0.1, 0.15) is 18.1 Å². The number of amides is 2. The molecule has 5 nitrogen and oxygen atoms in total. The fraction of sp³-hybridized carbons (Fsp3) is 0.190. The van der Waals surface area contributed by atoms with Crippen molar-refractivity contribution in [2.75, 3.05) is 18.6 Å². The molecule has 0 spiro atoms. The Morgan fingerprint density at radius 1 is 1.07 bits per heavy atom. The number of fused-ring (bicyclic) bond motifs is 1. The molecule has 148 valence electrons. The van der Waals surface area contributed by atoms with Crippen LogP contribution in [0.25, 0.3) is 5.57 Å². The molecule has 2 aromatic carbocycles. The largest absolute Gasteiger partial charge is 0.497 e. The summed E-state index contributed by atoms with van der Waals surface area (Å²) < 4.78 is 6.48. The number of thiocarbonyl (C=S) groups is 1. The van der Waals surface area contributed by atoms with Gasteiger partial charge in [0.05, 0.1) is 29.8 Å². The van der Waals surface area contributed by atoms with Crippen molar-refractivity contribution >= 4 is 67.3 Å². The molecule has 0 bridgehead atoms. The topological polar surface area (TPSA) is 49.9 Å². The minimum absolute atomic E-state index is 0.162. The van der Waals surface area contributed by atoms with Crippen LogP contribution in [-0.4, -0.2) is 34.7 Å². The molecule has 0 aromatic heterocycles. The zero-order chi connectivity index (χ0) is 20.7. The first-order chi connectivity index (χ1) is 13.9. The summed E-state index contributed by atoms with van der Waals surface area (Å²) in [6.07, 6.45) is 0. The minimum Gasteiger partial charge on any atom is -0.497 e. The molecule has 2 aliphatic heterocycles. The van der Waals surface area contributed by atoms with E-state index in [0.29, 0.717) is 27.9 Å². The van der Waals surface area contributed by atoms with Gasteiger partial charge in [-0.3, -0.25) is 14.5 Å². The van der Waals surface area contributed by atoms with Gasteiger partial charge in [-0.05, 0) is 42.8 Å². The summed E-state index contributed by atoms with van der Waals surface area (Å²) in [7, 11) is 1.61. The second-order valence-electron chi connectivity index (χ2n) is 6.52. The first-order valence-electron chi connectivity index (χ1n) is 8.97. The highest BCUT2D eigenvalue weighted by Gasteiger charge is 2.41. The van der Waals surface area contributed by atoms with Gasteiger partial charge in [0.15, 0.2) is 0 Å². The number of nitrogens with zero attached hydrogens (tertiary/aromatic N) is 2. The third-order valence-electron chi connectivity index (χ3n) is 4.87. The van der Waals surface area contributed by atoms with Gasteiger partial charge < -0.3 is 9.64 Å². The van der Waals surface area contributed by atoms with Gasteiger partial charge in [0.1, 0.15) is 10.1 Å². The van der Waals surface area contributed by atoms with Gasteiger partial charge in [-0.15, -0.1) is 0 Å². The van der Waals surface area contributed by atoms with Gasteiger partial charge in [-0.1, -0.05) is 52.0 Å². The highest BCUT2D eigenvalue weighted by atomic mass is 79.9. The van der Waals surface area contributed by atoms with Crippen LogP contribution in [0.5, 0.6) is 5.75 Å². The summed E-state index contributed by atoms with van der Waals surface area (Å²) in [6, 6.07) is 13.2. The zero-order valence-electron chi connectivity index (χ0n) is 15.8. The predicted octanol–water partition coefficient (Wildman–Crippen LogP) is 4.60. The summed E-state index contributed by atoms with van der Waals surface area (Å²) in [6.45, 7) is 2.80. The molecule has 4 rings (SSSR count). The van der Waals surface area contributed by atoms with Crippen LogP contribution in [0.2, 0.25) is 0 Å². The molecule has 2 amide bonds. The molecule has 2 aromatic rings. The lowest BCUT2D eigenvalue weighted by Gasteiger charge is -2.15. The summed E-state index contributed by atoms with van der Waals surface area (Å²) in [4.78, 5) is 29.9. The van der Waals surface area contributed by atoms with Gasteiger partial charge in [0.25, 0.3) is 11.8 Å². The molecule has 2 aliphatic rings. The molecule has 0 N–H and O–H groups in total. The second-order valence-corrected chi connectivity index (χ2v) is 9.08. The number of carbonyl (C=O) groups is 2. The molecule has 0 atom stereocenters. The molecule has 1 saturated heterocycles. The fourth-order valence-corrected chi connectivity index (χ4v) is 5.12. The van der Waals surface area contributed by atoms with Crippen molar-refractivity contribution in [1.29, 1.82) is 0 Å². The monoisotopic (exact) mass is 488 g/mol. The number of hydrogen-bond acceptors (Lipinski definition) is 5. The van der Waals surface area contributed by atoms with Crippen molar-refractivity contribution in [2.45, 2.75) is 13.5 Å². The van der Waals surface area contributed by atoms with Crippen LogP contribution < -0.4 is 9.64 Å². The molecular formula is C21H17BrN2O3S2. The standard InChI is InChI=1S/C21H17BrN2O3S2/c1-3-23-16-9-6-13(22)10-15(16)17(19(23)25)18-20(26)24(21(28)29-18)11-12-4-7-14(27-2)8-5-12/h4-10H,3,11H2,1-2H3. The van der Waals surface area contributed by atoms with E-state index in [4.69, 9.17) is 17.0 Å². The zero-order valence-corrected chi connectivity index (χ0v) is 19.0. The number of rotatable bonds is 4. The van der Waals surface area contributed by atoms with E-state index in [1.54, 1.807) is 16.9 Å². The lowest BCUT2D eigenvalue weighted by molar-refractivity contribution is -0.122. The van der Waals surface area contributed by atoms with Crippen LogP contribution in [0.4, 0.5) is 5.69 Å². The molecule has 29 heavy (non-hydrogen) atoms. The number of methoxy groups -OCH3 is 1. The maximum atomic E-state index is 13.2. The Kier molecular flexibility index (Phi) is 5.50. The van der Waals surface area contributed by atoms with Crippen molar-refractivity contribution in [1.82, 2.24) is 4.90 Å². The maximum absolute atomic E-state index is 13.2. The van der Waals surface area contributed by atoms with E-state index >= 15 is 0 Å². The first kappa shape index (κ1) is 20.1. The molecule has 0 aliphatic carbocycles. The Labute approximate surface area is 186 Å². The van der Waals surface area contributed by atoms with E-state index in [0.717, 1.165) is 27.0 Å². The van der Waals surface area contributed by atoms with Crippen molar-refractivity contribution < 1.29 is 14.3 Å². The summed E-state index contributed by atoms with van der Waals surface area (Å²) in [5.41, 5.74) is 2.94. The minimum atomic E-state index is -0.233. The Hall–Kier alpha value is -2.16. The molecule has 8 heteroatoms. The molecular weight excluding hydrogens is 472 g/mol. The van der Waals surface area contributed by atoms with Crippen LogP contribution in [0.15, 0.2) is 51.8 Å². The van der Waals surface area contributed by atoms with E-state index in [-0.39, 0.29) is 11.8 Å². The number of likely N-dealkylation sites (N-methyl/N-ethyl adjacent to an activating group) is 1. The highest BCUT2D eigenvalue weighted by molar-refractivity contribution is 9.10. The summed E-state index contributed by atoms with van der Waals surface area (Å²) in [5, 5.41) is 0. The SMILES string of the molecule is CCN1C(=O)C(=C2SC(=S)N(Cc3ccc(OC)cc3)C2=O)c2cc(Br)ccc21. The Morgan fingerprint density at radius 2 is 1.79 bits per heavy atom. The third kappa shape index (κ3) is 3.49. The first-order valence-corrected chi connectivity index (χ1v) is 11.0. The predicted molar refractivity (Wildman–Crippen MR) is 123 cm³/mol. The van der Waals surface area contributed by atoms with Crippen LogP contribution in [-0.2, 0) is 16.1 Å². The number of hydrogen-bond donors (Lipinski definition) is 0. The third-order valence-corrected chi connectivity index (χ3v) is 6.81. The smallest absolute Gasteiger partial charge is 0.267 e. The number of benzene rings is 2. The van der Waals surface area contributed by atoms with E-state index < -0.39 is 0 Å². The fourth-order valence-electron chi connectivity index (χ4n) is 3.44. The molecule has 0 radical (unpaired) electrons. The van der Waals surface area contributed by atoms with Crippen molar-refractivity contribution in [2.24, 2.45) is 0 Å². The maximum Gasteiger partial charge on any atom is 0.267 e. The Morgan fingerprint density at radius 3 is 2.45 bits per heavy atom. The summed E-state index contributed by atoms with van der Waals surface area (Å²) in [5.74, 6) is 0.355. The second kappa shape index (κ2) is 7.93. The van der Waals surface area contributed by atoms with Gasteiger partial charge in [0, 0.05) is 16.6 Å². The quantitative estimate of drug-likeness (QED) is 0.465. The van der Waals surface area contributed by atoms with E-state index in [1.165, 1.54) is 11.8 Å². The van der Waals surface area contributed by atoms with Gasteiger partial charge in [-0.25, -0.2) is 0 Å². The number of ether oxygens (including phenoxy) is 1. The lowest BCUT2D eigenvalue weighted by Crippen LogP contribution is -2.29. The Bertz CT molecular complexity index is 1070. The molecule has 2 heterocycles. The van der Waals surface area contributed by atoms with E-state index in [2.05, 4.69) is 15.9 Å². The van der Waals surface area contributed by atoms with Crippen LogP contribution in [0, 0.1) is 0 Å². The number of carbonyl (C=O) groups excluding carboxylic acids is 2. The molecule has 0 saturated carbocycles. The number of anilines is 1. The summed E-state index contributed by atoms with van der Waals surface area (Å²) >= 11 is 10.1. The van der Waals surface area contributed by atoms with E-state index in [1.807, 2.05) is 49.4 Å². The average Bonchev–Trinajstić information content (AvgIpc) is 3.14. The van der Waals surface area contributed by atoms with Gasteiger partial charge in [0.2, 0.25) is 0 Å². The van der Waals surface area contributed by atoms with Crippen LogP contribution >= 0.6 is 39.9 Å². The van der Waals surface area contributed by atoms with Crippen molar-refractivity contribution in [3.63, 3.8) is 0 Å². The number of halogens is 1. The number of thioether (sulfide) groups is 1. The van der Waals surface area contributed by atoms with Crippen molar-refractivity contribution in [3.8, 4) is 5.75 Å². The lowest BCUT2D eigenvalue weighted by atomic mass is 10.1. The highest BCUT2D eigenvalue weighted by Crippen LogP contribution is 2.45. The average molecular weight is 489 g/mol.